The fraction of sp³-hybridized carbons (Fsp3) is 0.222. The Kier molecular flexibility index (Phi) is 5.31. The lowest BCUT2D eigenvalue weighted by Gasteiger charge is -2.23. The van der Waals surface area contributed by atoms with Crippen LogP contribution in [0.3, 0.4) is 0 Å². The number of nitro benzene ring substituents is 1. The van der Waals surface area contributed by atoms with Crippen LogP contribution in [-0.2, 0) is 9.59 Å². The summed E-state index contributed by atoms with van der Waals surface area (Å²) in [5.41, 5.74) is 1.05. The molecule has 0 fully saturated rings. The second-order valence-corrected chi connectivity index (χ2v) is 7.37. The zero-order valence-electron chi connectivity index (χ0n) is 14.6. The van der Waals surface area contributed by atoms with Crippen LogP contribution in [0.1, 0.15) is 13.8 Å². The average molecular weight is 387 g/mol. The van der Waals surface area contributed by atoms with Crippen LogP contribution >= 0.6 is 11.8 Å². The number of ether oxygens (including phenoxy) is 1. The topological polar surface area (TPSA) is 111 Å². The van der Waals surface area contributed by atoms with Crippen molar-refractivity contribution in [1.29, 1.82) is 0 Å². The molecule has 2 atom stereocenters. The zero-order valence-corrected chi connectivity index (χ0v) is 15.4. The molecule has 1 heterocycles. The number of rotatable bonds is 5. The number of fused-ring (bicyclic) bond motifs is 1. The molecule has 0 aliphatic carbocycles. The van der Waals surface area contributed by atoms with Gasteiger partial charge in [0.1, 0.15) is 5.75 Å². The number of anilines is 2. The van der Waals surface area contributed by atoms with Gasteiger partial charge >= 0.3 is 0 Å². The number of nitrogens with zero attached hydrogens (tertiary/aromatic N) is 1. The lowest BCUT2D eigenvalue weighted by Crippen LogP contribution is -2.34. The molecule has 9 heteroatoms. The summed E-state index contributed by atoms with van der Waals surface area (Å²) >= 11 is 1.29. The number of nitro groups is 1. The minimum absolute atomic E-state index is 0.00379. The van der Waals surface area contributed by atoms with Crippen molar-refractivity contribution in [3.8, 4) is 5.75 Å². The SMILES string of the molecule is C[C@H]1Oc2ccc(NC(=O)[C@@H](C)Sc3ccc([N+](=O)[O-])cc3)cc2NC1=O. The number of benzene rings is 2. The van der Waals surface area contributed by atoms with E-state index < -0.39 is 16.3 Å². The van der Waals surface area contributed by atoms with E-state index in [2.05, 4.69) is 10.6 Å². The van der Waals surface area contributed by atoms with Crippen molar-refractivity contribution in [2.24, 2.45) is 0 Å². The highest BCUT2D eigenvalue weighted by Gasteiger charge is 2.24. The van der Waals surface area contributed by atoms with Crippen LogP contribution in [0.5, 0.6) is 5.75 Å². The average Bonchev–Trinajstić information content (AvgIpc) is 2.63. The third-order valence-corrected chi connectivity index (χ3v) is 5.02. The lowest BCUT2D eigenvalue weighted by atomic mass is 10.2. The highest BCUT2D eigenvalue weighted by molar-refractivity contribution is 8.00. The van der Waals surface area contributed by atoms with Gasteiger partial charge in [-0.1, -0.05) is 0 Å². The minimum Gasteiger partial charge on any atom is -0.479 e. The van der Waals surface area contributed by atoms with Gasteiger partial charge < -0.3 is 15.4 Å². The Labute approximate surface area is 159 Å². The van der Waals surface area contributed by atoms with Gasteiger partial charge in [-0.15, -0.1) is 11.8 Å². The quantitative estimate of drug-likeness (QED) is 0.462. The molecule has 0 unspecified atom stereocenters. The molecule has 140 valence electrons. The number of hydrogen-bond acceptors (Lipinski definition) is 6. The molecule has 2 amide bonds. The van der Waals surface area contributed by atoms with Gasteiger partial charge in [-0.05, 0) is 44.2 Å². The standard InChI is InChI=1S/C18H17N3O5S/c1-10-17(22)20-15-9-12(3-8-16(15)26-10)19-18(23)11(2)27-14-6-4-13(5-7-14)21(24)25/h3-11H,1-2H3,(H,19,23)(H,20,22)/t10-,11-/m1/s1. The number of carbonyl (C=O) groups is 2. The van der Waals surface area contributed by atoms with Crippen LogP contribution in [-0.4, -0.2) is 28.1 Å². The second-order valence-electron chi connectivity index (χ2n) is 5.96. The Morgan fingerprint density at radius 1 is 1.30 bits per heavy atom. The van der Waals surface area contributed by atoms with Crippen molar-refractivity contribution in [2.75, 3.05) is 10.6 Å². The van der Waals surface area contributed by atoms with Gasteiger partial charge in [0.15, 0.2) is 6.10 Å². The number of nitrogens with one attached hydrogen (secondary N) is 2. The third kappa shape index (κ3) is 4.37. The predicted molar refractivity (Wildman–Crippen MR) is 102 cm³/mol. The molecular formula is C18H17N3O5S. The summed E-state index contributed by atoms with van der Waals surface area (Å²) in [5, 5.41) is 15.8. The monoisotopic (exact) mass is 387 g/mol. The second kappa shape index (κ2) is 7.67. The van der Waals surface area contributed by atoms with E-state index in [1.54, 1.807) is 44.2 Å². The molecule has 0 saturated carbocycles. The minimum atomic E-state index is -0.559. The Morgan fingerprint density at radius 3 is 2.67 bits per heavy atom. The van der Waals surface area contributed by atoms with Crippen LogP contribution < -0.4 is 15.4 Å². The summed E-state index contributed by atoms with van der Waals surface area (Å²) in [6, 6.07) is 11.1. The highest BCUT2D eigenvalue weighted by atomic mass is 32.2. The molecule has 0 bridgehead atoms. The summed E-state index contributed by atoms with van der Waals surface area (Å²) in [7, 11) is 0. The maximum Gasteiger partial charge on any atom is 0.269 e. The van der Waals surface area contributed by atoms with E-state index >= 15 is 0 Å². The first-order chi connectivity index (χ1) is 12.8. The molecule has 0 radical (unpaired) electrons. The lowest BCUT2D eigenvalue weighted by molar-refractivity contribution is -0.384. The van der Waals surface area contributed by atoms with Gasteiger partial charge in [0.2, 0.25) is 5.91 Å². The van der Waals surface area contributed by atoms with Gasteiger partial charge in [-0.25, -0.2) is 0 Å². The van der Waals surface area contributed by atoms with Crippen LogP contribution in [0.25, 0.3) is 0 Å². The number of amides is 2. The van der Waals surface area contributed by atoms with Crippen molar-refractivity contribution in [1.82, 2.24) is 0 Å². The number of carbonyl (C=O) groups excluding carboxylic acids is 2. The van der Waals surface area contributed by atoms with Crippen molar-refractivity contribution in [3.05, 3.63) is 52.6 Å². The Hall–Kier alpha value is -3.07. The number of thioether (sulfide) groups is 1. The molecule has 2 aromatic rings. The molecule has 2 aromatic carbocycles. The Bertz CT molecular complexity index is 900. The van der Waals surface area contributed by atoms with Crippen LogP contribution in [0.4, 0.5) is 17.1 Å². The maximum atomic E-state index is 12.4. The zero-order chi connectivity index (χ0) is 19.6. The molecule has 27 heavy (non-hydrogen) atoms. The molecule has 8 nitrogen and oxygen atoms in total. The van der Waals surface area contributed by atoms with Crippen molar-refractivity contribution < 1.29 is 19.2 Å². The van der Waals surface area contributed by atoms with Gasteiger partial charge in [0.25, 0.3) is 11.6 Å². The first kappa shape index (κ1) is 18.7. The smallest absolute Gasteiger partial charge is 0.269 e. The molecule has 1 aliphatic rings. The maximum absolute atomic E-state index is 12.4. The fourth-order valence-corrected chi connectivity index (χ4v) is 3.30. The van der Waals surface area contributed by atoms with Gasteiger partial charge in [-0.3, -0.25) is 19.7 Å². The van der Waals surface area contributed by atoms with E-state index in [0.29, 0.717) is 17.1 Å². The first-order valence-corrected chi connectivity index (χ1v) is 9.05. The summed E-state index contributed by atoms with van der Waals surface area (Å²) in [6.45, 7) is 3.40. The molecule has 0 spiro atoms. The van der Waals surface area contributed by atoms with E-state index in [4.69, 9.17) is 4.74 Å². The first-order valence-electron chi connectivity index (χ1n) is 8.17. The van der Waals surface area contributed by atoms with E-state index in [-0.39, 0.29) is 17.5 Å². The molecule has 0 saturated heterocycles. The molecule has 2 N–H and O–H groups in total. The van der Waals surface area contributed by atoms with Crippen LogP contribution in [0.2, 0.25) is 0 Å². The summed E-state index contributed by atoms with van der Waals surface area (Å²) in [5.74, 6) is 0.0798. The Balaban J connectivity index is 1.63. The summed E-state index contributed by atoms with van der Waals surface area (Å²) in [6.07, 6.45) is -0.559. The summed E-state index contributed by atoms with van der Waals surface area (Å²) < 4.78 is 5.48. The van der Waals surface area contributed by atoms with Gasteiger partial charge in [0, 0.05) is 22.7 Å². The van der Waals surface area contributed by atoms with Gasteiger partial charge in [0.05, 0.1) is 15.9 Å². The summed E-state index contributed by atoms with van der Waals surface area (Å²) in [4.78, 5) is 35.1. The number of non-ortho nitro benzene ring substituents is 1. The number of hydrogen-bond donors (Lipinski definition) is 2. The van der Waals surface area contributed by atoms with Crippen molar-refractivity contribution >= 4 is 40.6 Å². The highest BCUT2D eigenvalue weighted by Crippen LogP contribution is 2.32. The van der Waals surface area contributed by atoms with Crippen LogP contribution in [0.15, 0.2) is 47.4 Å². The molecular weight excluding hydrogens is 370 g/mol. The third-order valence-electron chi connectivity index (χ3n) is 3.91. The van der Waals surface area contributed by atoms with E-state index in [0.717, 1.165) is 4.90 Å². The normalized spacial score (nSPS) is 16.5. The largest absolute Gasteiger partial charge is 0.479 e. The van der Waals surface area contributed by atoms with Crippen LogP contribution in [0, 0.1) is 10.1 Å². The van der Waals surface area contributed by atoms with Crippen molar-refractivity contribution in [3.63, 3.8) is 0 Å². The van der Waals surface area contributed by atoms with Gasteiger partial charge in [-0.2, -0.15) is 0 Å². The molecule has 1 aliphatic heterocycles. The fourth-order valence-electron chi connectivity index (χ4n) is 2.43. The van der Waals surface area contributed by atoms with E-state index in [9.17, 15) is 19.7 Å². The Morgan fingerprint density at radius 2 is 2.00 bits per heavy atom. The predicted octanol–water partition coefficient (Wildman–Crippen LogP) is 3.43. The molecule has 0 aromatic heterocycles. The van der Waals surface area contributed by atoms with E-state index in [1.165, 1.54) is 23.9 Å². The van der Waals surface area contributed by atoms with Crippen molar-refractivity contribution in [2.45, 2.75) is 30.1 Å². The van der Waals surface area contributed by atoms with E-state index in [1.807, 2.05) is 0 Å². The molecule has 3 rings (SSSR count).